The fraction of sp³-hybridized carbons (Fsp3) is 0.846. The van der Waals surface area contributed by atoms with E-state index in [0.29, 0.717) is 0 Å². The number of hydrogen-bond donors (Lipinski definition) is 0. The number of amides is 1. The first-order chi connectivity index (χ1) is 8.24. The van der Waals surface area contributed by atoms with Crippen LogP contribution < -0.4 is 0 Å². The fourth-order valence-corrected chi connectivity index (χ4v) is 3.00. The highest BCUT2D eigenvalue weighted by Crippen LogP contribution is 2.28. The summed E-state index contributed by atoms with van der Waals surface area (Å²) >= 11 is 0. The zero-order chi connectivity index (χ0) is 12.3. The Bertz CT molecular complexity index is 297. The van der Waals surface area contributed by atoms with Crippen LogP contribution in [0.3, 0.4) is 0 Å². The van der Waals surface area contributed by atoms with Gasteiger partial charge in [-0.1, -0.05) is 19.3 Å². The van der Waals surface area contributed by atoms with E-state index in [4.69, 9.17) is 4.74 Å². The van der Waals surface area contributed by atoms with Gasteiger partial charge in [-0.2, -0.15) is 0 Å². The van der Waals surface area contributed by atoms with Crippen molar-refractivity contribution in [1.82, 2.24) is 4.90 Å². The van der Waals surface area contributed by atoms with Gasteiger partial charge in [-0.25, -0.2) is 4.79 Å². The van der Waals surface area contributed by atoms with E-state index in [1.807, 2.05) is 0 Å². The summed E-state index contributed by atoms with van der Waals surface area (Å²) in [7, 11) is 1.39. The van der Waals surface area contributed by atoms with Gasteiger partial charge in [0.2, 0.25) is 5.91 Å². The second-order valence-electron chi connectivity index (χ2n) is 5.05. The molecule has 0 spiro atoms. The van der Waals surface area contributed by atoms with Crippen LogP contribution in [0.1, 0.15) is 44.9 Å². The van der Waals surface area contributed by atoms with E-state index < -0.39 is 0 Å². The maximum Gasteiger partial charge on any atom is 0.328 e. The molecule has 1 unspecified atom stereocenters. The van der Waals surface area contributed by atoms with Gasteiger partial charge >= 0.3 is 5.97 Å². The number of carbonyl (C=O) groups is 2. The maximum absolute atomic E-state index is 12.3. The Morgan fingerprint density at radius 1 is 1.06 bits per heavy atom. The summed E-state index contributed by atoms with van der Waals surface area (Å²) in [5, 5.41) is 0. The number of carbonyl (C=O) groups excluding carboxylic acids is 2. The van der Waals surface area contributed by atoms with E-state index in [0.717, 1.165) is 45.1 Å². The van der Waals surface area contributed by atoms with Crippen LogP contribution in [0.25, 0.3) is 0 Å². The molecule has 1 amide bonds. The van der Waals surface area contributed by atoms with Crippen LogP contribution in [0.2, 0.25) is 0 Å². The van der Waals surface area contributed by atoms with Gasteiger partial charge in [-0.3, -0.25) is 4.79 Å². The van der Waals surface area contributed by atoms with Gasteiger partial charge in [0, 0.05) is 12.5 Å². The van der Waals surface area contributed by atoms with Crippen molar-refractivity contribution in [2.45, 2.75) is 51.0 Å². The van der Waals surface area contributed by atoms with Crippen molar-refractivity contribution < 1.29 is 14.3 Å². The van der Waals surface area contributed by atoms with E-state index in [1.165, 1.54) is 13.5 Å². The van der Waals surface area contributed by atoms with Gasteiger partial charge < -0.3 is 9.64 Å². The monoisotopic (exact) mass is 239 g/mol. The first-order valence-corrected chi connectivity index (χ1v) is 6.62. The van der Waals surface area contributed by atoms with E-state index in [2.05, 4.69) is 0 Å². The molecule has 2 fully saturated rings. The molecule has 2 rings (SSSR count). The van der Waals surface area contributed by atoms with E-state index in [9.17, 15) is 9.59 Å². The number of hydrogen-bond acceptors (Lipinski definition) is 3. The van der Waals surface area contributed by atoms with Crippen molar-refractivity contribution in [3.05, 3.63) is 0 Å². The zero-order valence-corrected chi connectivity index (χ0v) is 10.5. The highest BCUT2D eigenvalue weighted by Gasteiger charge is 2.37. The van der Waals surface area contributed by atoms with Crippen LogP contribution in [0.5, 0.6) is 0 Å². The molecule has 96 valence electrons. The van der Waals surface area contributed by atoms with Gasteiger partial charge in [0.15, 0.2) is 0 Å². The standard InChI is InChI=1S/C13H21NO3/c1-17-13(16)11-8-5-9-14(11)12(15)10-6-3-2-4-7-10/h10-11H,2-9H2,1H3. The van der Waals surface area contributed by atoms with Crippen molar-refractivity contribution >= 4 is 11.9 Å². The third-order valence-electron chi connectivity index (χ3n) is 3.96. The quantitative estimate of drug-likeness (QED) is 0.689. The van der Waals surface area contributed by atoms with Crippen LogP contribution in [-0.4, -0.2) is 36.5 Å². The summed E-state index contributed by atoms with van der Waals surface area (Å²) in [6, 6.07) is -0.325. The van der Waals surface area contributed by atoms with Crippen molar-refractivity contribution in [3.8, 4) is 0 Å². The van der Waals surface area contributed by atoms with Gasteiger partial charge in [0.1, 0.15) is 6.04 Å². The lowest BCUT2D eigenvalue weighted by Crippen LogP contribution is -2.44. The minimum Gasteiger partial charge on any atom is -0.467 e. The Morgan fingerprint density at radius 3 is 2.41 bits per heavy atom. The molecule has 0 aromatic heterocycles. The normalized spacial score (nSPS) is 25.9. The van der Waals surface area contributed by atoms with Gasteiger partial charge in [-0.05, 0) is 25.7 Å². The summed E-state index contributed by atoms with van der Waals surface area (Å²) < 4.78 is 4.77. The topological polar surface area (TPSA) is 46.6 Å². The Hall–Kier alpha value is -1.06. The van der Waals surface area contributed by atoms with Gasteiger partial charge in [-0.15, -0.1) is 0 Å². The summed E-state index contributed by atoms with van der Waals surface area (Å²) in [5.74, 6) is 0.0678. The molecule has 1 aliphatic heterocycles. The first kappa shape index (κ1) is 12.4. The second kappa shape index (κ2) is 5.52. The van der Waals surface area contributed by atoms with Crippen molar-refractivity contribution in [2.75, 3.05) is 13.7 Å². The molecule has 0 radical (unpaired) electrons. The molecule has 1 atom stereocenters. The third kappa shape index (κ3) is 2.61. The highest BCUT2D eigenvalue weighted by molar-refractivity contribution is 5.86. The summed E-state index contributed by atoms with van der Waals surface area (Å²) in [5.41, 5.74) is 0. The van der Waals surface area contributed by atoms with E-state index in [1.54, 1.807) is 4.90 Å². The molecule has 1 saturated carbocycles. The average Bonchev–Trinajstić information content (AvgIpc) is 2.87. The Morgan fingerprint density at radius 2 is 1.76 bits per heavy atom. The van der Waals surface area contributed by atoms with Crippen molar-refractivity contribution in [1.29, 1.82) is 0 Å². The molecule has 17 heavy (non-hydrogen) atoms. The van der Waals surface area contributed by atoms with Gasteiger partial charge in [0.25, 0.3) is 0 Å². The molecule has 4 heteroatoms. The molecule has 0 N–H and O–H groups in total. The minimum atomic E-state index is -0.325. The smallest absolute Gasteiger partial charge is 0.328 e. The molecule has 2 aliphatic rings. The fourth-order valence-electron chi connectivity index (χ4n) is 3.00. The van der Waals surface area contributed by atoms with Crippen LogP contribution >= 0.6 is 0 Å². The predicted molar refractivity (Wildman–Crippen MR) is 63.3 cm³/mol. The molecule has 0 aromatic rings. The molecule has 4 nitrogen and oxygen atoms in total. The van der Waals surface area contributed by atoms with E-state index in [-0.39, 0.29) is 23.8 Å². The lowest BCUT2D eigenvalue weighted by Gasteiger charge is -2.29. The Balaban J connectivity index is 1.99. The average molecular weight is 239 g/mol. The SMILES string of the molecule is COC(=O)C1CCCN1C(=O)C1CCCCC1. The molecule has 0 bridgehead atoms. The predicted octanol–water partition coefficient (Wildman–Crippen LogP) is 1.73. The number of esters is 1. The number of rotatable bonds is 2. The van der Waals surface area contributed by atoms with Crippen molar-refractivity contribution in [2.24, 2.45) is 5.92 Å². The summed E-state index contributed by atoms with van der Waals surface area (Å²) in [6.07, 6.45) is 7.18. The minimum absolute atomic E-state index is 0.147. The van der Waals surface area contributed by atoms with Crippen molar-refractivity contribution in [3.63, 3.8) is 0 Å². The zero-order valence-electron chi connectivity index (χ0n) is 10.5. The Labute approximate surface area is 102 Å². The lowest BCUT2D eigenvalue weighted by atomic mass is 9.88. The molecule has 1 heterocycles. The molecular formula is C13H21NO3. The highest BCUT2D eigenvalue weighted by atomic mass is 16.5. The molecule has 0 aromatic carbocycles. The van der Waals surface area contributed by atoms with E-state index >= 15 is 0 Å². The van der Waals surface area contributed by atoms with Crippen LogP contribution in [0.15, 0.2) is 0 Å². The Kier molecular flexibility index (Phi) is 4.02. The number of methoxy groups -OCH3 is 1. The number of nitrogens with zero attached hydrogens (tertiary/aromatic N) is 1. The summed E-state index contributed by atoms with van der Waals surface area (Å²) in [6.45, 7) is 0.717. The number of ether oxygens (including phenoxy) is 1. The van der Waals surface area contributed by atoms with Crippen LogP contribution in [0, 0.1) is 5.92 Å². The second-order valence-corrected chi connectivity index (χ2v) is 5.05. The number of likely N-dealkylation sites (tertiary alicyclic amines) is 1. The third-order valence-corrected chi connectivity index (χ3v) is 3.96. The molecule has 1 aliphatic carbocycles. The van der Waals surface area contributed by atoms with Crippen LogP contribution in [-0.2, 0) is 14.3 Å². The molecule has 1 saturated heterocycles. The van der Waals surface area contributed by atoms with Crippen LogP contribution in [0.4, 0.5) is 0 Å². The lowest BCUT2D eigenvalue weighted by molar-refractivity contribution is -0.152. The first-order valence-electron chi connectivity index (χ1n) is 6.62. The largest absolute Gasteiger partial charge is 0.467 e. The molecular weight excluding hydrogens is 218 g/mol. The van der Waals surface area contributed by atoms with Gasteiger partial charge in [0.05, 0.1) is 7.11 Å². The summed E-state index contributed by atoms with van der Waals surface area (Å²) in [4.78, 5) is 25.7. The maximum atomic E-state index is 12.3.